The van der Waals surface area contributed by atoms with Gasteiger partial charge in [-0.1, -0.05) is 25.7 Å². The summed E-state index contributed by atoms with van der Waals surface area (Å²) in [6.07, 6.45) is 8.54. The average molecular weight is 297 g/mol. The Morgan fingerprint density at radius 2 is 2.24 bits per heavy atom. The third kappa shape index (κ3) is 3.80. The molecule has 1 heterocycles. The molecule has 0 aliphatic heterocycles. The van der Waals surface area contributed by atoms with Gasteiger partial charge in [-0.15, -0.1) is 0 Å². The van der Waals surface area contributed by atoms with Crippen LogP contribution in [0.25, 0.3) is 0 Å². The van der Waals surface area contributed by atoms with Gasteiger partial charge in [-0.3, -0.25) is 4.79 Å². The van der Waals surface area contributed by atoms with Crippen LogP contribution in [0, 0.1) is 5.92 Å². The second-order valence-electron chi connectivity index (χ2n) is 4.57. The minimum Gasteiger partial charge on any atom is -0.310 e. The van der Waals surface area contributed by atoms with Crippen molar-refractivity contribution in [3.05, 3.63) is 22.8 Å². The van der Waals surface area contributed by atoms with Gasteiger partial charge in [0.25, 0.3) is 0 Å². The molecule has 1 aromatic rings. The van der Waals surface area contributed by atoms with Gasteiger partial charge in [-0.2, -0.15) is 0 Å². The third-order valence-electron chi connectivity index (χ3n) is 3.27. The molecule has 0 unspecified atom stereocenters. The summed E-state index contributed by atoms with van der Waals surface area (Å²) in [7, 11) is 0. The summed E-state index contributed by atoms with van der Waals surface area (Å²) in [5, 5.41) is 2.84. The summed E-state index contributed by atoms with van der Waals surface area (Å²) >= 11 is 3.36. The number of aromatic nitrogens is 1. The Balaban J connectivity index is 1.79. The number of nitrogens with zero attached hydrogens (tertiary/aromatic N) is 1. The molecule has 1 N–H and O–H groups in total. The van der Waals surface area contributed by atoms with E-state index in [2.05, 4.69) is 26.2 Å². The quantitative estimate of drug-likeness (QED) is 0.919. The van der Waals surface area contributed by atoms with Crippen LogP contribution in [0.3, 0.4) is 0 Å². The summed E-state index contributed by atoms with van der Waals surface area (Å²) in [5.74, 6) is 1.44. The van der Waals surface area contributed by atoms with Gasteiger partial charge >= 0.3 is 0 Å². The van der Waals surface area contributed by atoms with Gasteiger partial charge in [0.2, 0.25) is 5.91 Å². The molecule has 17 heavy (non-hydrogen) atoms. The van der Waals surface area contributed by atoms with Crippen molar-refractivity contribution in [2.75, 3.05) is 5.32 Å². The summed E-state index contributed by atoms with van der Waals surface area (Å²) < 4.78 is 0.828. The van der Waals surface area contributed by atoms with Crippen molar-refractivity contribution in [1.82, 2.24) is 4.98 Å². The molecule has 1 aliphatic rings. The molecule has 1 saturated carbocycles. The third-order valence-corrected chi connectivity index (χ3v) is 3.91. The molecule has 2 rings (SSSR count). The van der Waals surface area contributed by atoms with E-state index >= 15 is 0 Å². The molecule has 1 fully saturated rings. The van der Waals surface area contributed by atoms with Crippen LogP contribution in [-0.2, 0) is 4.79 Å². The topological polar surface area (TPSA) is 42.0 Å². The lowest BCUT2D eigenvalue weighted by molar-refractivity contribution is -0.116. The summed E-state index contributed by atoms with van der Waals surface area (Å²) in [6, 6.07) is 3.71. The summed E-state index contributed by atoms with van der Waals surface area (Å²) in [4.78, 5) is 15.9. The van der Waals surface area contributed by atoms with Crippen LogP contribution in [0.15, 0.2) is 22.8 Å². The van der Waals surface area contributed by atoms with E-state index in [9.17, 15) is 4.79 Å². The van der Waals surface area contributed by atoms with Crippen LogP contribution in [0.2, 0.25) is 0 Å². The Bertz CT molecular complexity index is 389. The minimum absolute atomic E-state index is 0.0660. The van der Waals surface area contributed by atoms with Crippen LogP contribution >= 0.6 is 15.9 Å². The first-order valence-corrected chi connectivity index (χ1v) is 6.95. The molecule has 0 saturated heterocycles. The second-order valence-corrected chi connectivity index (χ2v) is 5.43. The fourth-order valence-corrected chi connectivity index (χ4v) is 2.66. The number of rotatable bonds is 4. The zero-order valence-electron chi connectivity index (χ0n) is 9.79. The smallest absolute Gasteiger partial charge is 0.225 e. The molecule has 0 bridgehead atoms. The van der Waals surface area contributed by atoms with Gasteiger partial charge < -0.3 is 5.32 Å². The average Bonchev–Trinajstić information content (AvgIpc) is 2.82. The van der Waals surface area contributed by atoms with E-state index in [0.717, 1.165) is 16.8 Å². The Morgan fingerprint density at radius 3 is 2.94 bits per heavy atom. The molecule has 0 radical (unpaired) electrons. The number of halogens is 1. The highest BCUT2D eigenvalue weighted by molar-refractivity contribution is 9.10. The number of carbonyl (C=O) groups excluding carboxylic acids is 1. The predicted octanol–water partition coefficient (Wildman–Crippen LogP) is 3.75. The van der Waals surface area contributed by atoms with Crippen molar-refractivity contribution >= 4 is 27.7 Å². The maximum Gasteiger partial charge on any atom is 0.225 e. The monoisotopic (exact) mass is 296 g/mol. The van der Waals surface area contributed by atoms with Crippen molar-refractivity contribution in [2.24, 2.45) is 5.92 Å². The van der Waals surface area contributed by atoms with Crippen LogP contribution in [0.1, 0.15) is 38.5 Å². The molecule has 1 aliphatic carbocycles. The first kappa shape index (κ1) is 12.6. The minimum atomic E-state index is 0.0660. The Labute approximate surface area is 110 Å². The lowest BCUT2D eigenvalue weighted by Crippen LogP contribution is -2.14. The molecule has 92 valence electrons. The zero-order valence-corrected chi connectivity index (χ0v) is 11.4. The maximum absolute atomic E-state index is 11.7. The lowest BCUT2D eigenvalue weighted by atomic mass is 10.0. The Kier molecular flexibility index (Phi) is 4.54. The number of amides is 1. The SMILES string of the molecule is O=C(CCC1CCCC1)Nc1ncccc1Br. The van der Waals surface area contributed by atoms with Crippen molar-refractivity contribution < 1.29 is 4.79 Å². The molecular weight excluding hydrogens is 280 g/mol. The van der Waals surface area contributed by atoms with Crippen LogP contribution in [-0.4, -0.2) is 10.9 Å². The molecule has 0 aromatic carbocycles. The molecule has 0 atom stereocenters. The standard InChI is InChI=1S/C13H17BrN2O/c14-11-6-3-9-15-13(11)16-12(17)8-7-10-4-1-2-5-10/h3,6,9-10H,1-2,4-5,7-8H2,(H,15,16,17). The van der Waals surface area contributed by atoms with Crippen molar-refractivity contribution in [2.45, 2.75) is 38.5 Å². The molecule has 1 amide bonds. The van der Waals surface area contributed by atoms with Crippen molar-refractivity contribution in [1.29, 1.82) is 0 Å². The van der Waals surface area contributed by atoms with Gasteiger partial charge in [0, 0.05) is 12.6 Å². The molecule has 4 heteroatoms. The van der Waals surface area contributed by atoms with Crippen molar-refractivity contribution in [3.8, 4) is 0 Å². The van der Waals surface area contributed by atoms with Gasteiger partial charge in [0.1, 0.15) is 5.82 Å². The highest BCUT2D eigenvalue weighted by atomic mass is 79.9. The highest BCUT2D eigenvalue weighted by Crippen LogP contribution is 2.28. The van der Waals surface area contributed by atoms with Crippen LogP contribution < -0.4 is 5.32 Å². The van der Waals surface area contributed by atoms with E-state index in [1.54, 1.807) is 6.20 Å². The largest absolute Gasteiger partial charge is 0.310 e. The maximum atomic E-state index is 11.7. The Morgan fingerprint density at radius 1 is 1.47 bits per heavy atom. The van der Waals surface area contributed by atoms with E-state index in [0.29, 0.717) is 12.2 Å². The van der Waals surface area contributed by atoms with E-state index in [-0.39, 0.29) is 5.91 Å². The molecular formula is C13H17BrN2O. The van der Waals surface area contributed by atoms with E-state index in [1.165, 1.54) is 25.7 Å². The molecule has 0 spiro atoms. The first-order valence-electron chi connectivity index (χ1n) is 6.16. The number of hydrogen-bond donors (Lipinski definition) is 1. The van der Waals surface area contributed by atoms with E-state index in [1.807, 2.05) is 12.1 Å². The van der Waals surface area contributed by atoms with Crippen molar-refractivity contribution in [3.63, 3.8) is 0 Å². The van der Waals surface area contributed by atoms with Crippen LogP contribution in [0.5, 0.6) is 0 Å². The Hall–Kier alpha value is -0.900. The fraction of sp³-hybridized carbons (Fsp3) is 0.538. The number of pyridine rings is 1. The molecule has 3 nitrogen and oxygen atoms in total. The zero-order chi connectivity index (χ0) is 12.1. The highest BCUT2D eigenvalue weighted by Gasteiger charge is 2.16. The normalized spacial score (nSPS) is 16.1. The fourth-order valence-electron chi connectivity index (χ4n) is 2.31. The van der Waals surface area contributed by atoms with Gasteiger partial charge in [0.15, 0.2) is 0 Å². The lowest BCUT2D eigenvalue weighted by Gasteiger charge is -2.09. The summed E-state index contributed by atoms with van der Waals surface area (Å²) in [5.41, 5.74) is 0. The number of hydrogen-bond acceptors (Lipinski definition) is 2. The number of nitrogens with one attached hydrogen (secondary N) is 1. The van der Waals surface area contributed by atoms with Gasteiger partial charge in [-0.25, -0.2) is 4.98 Å². The molecule has 1 aromatic heterocycles. The number of anilines is 1. The van der Waals surface area contributed by atoms with Gasteiger partial charge in [0.05, 0.1) is 4.47 Å². The first-order chi connectivity index (χ1) is 8.25. The van der Waals surface area contributed by atoms with E-state index < -0.39 is 0 Å². The van der Waals surface area contributed by atoms with E-state index in [4.69, 9.17) is 0 Å². The van der Waals surface area contributed by atoms with Gasteiger partial charge in [-0.05, 0) is 40.4 Å². The second kappa shape index (κ2) is 6.15. The van der Waals surface area contributed by atoms with Crippen LogP contribution in [0.4, 0.5) is 5.82 Å². The predicted molar refractivity (Wildman–Crippen MR) is 71.8 cm³/mol. The number of carbonyl (C=O) groups is 1. The summed E-state index contributed by atoms with van der Waals surface area (Å²) in [6.45, 7) is 0.